The van der Waals surface area contributed by atoms with Crippen molar-refractivity contribution in [3.63, 3.8) is 0 Å². The molecule has 0 aliphatic carbocycles. The molecule has 0 N–H and O–H groups in total. The molecule has 0 saturated carbocycles. The molecule has 0 radical (unpaired) electrons. The molecule has 1 rings (SSSR count). The zero-order chi connectivity index (χ0) is 13.4. The summed E-state index contributed by atoms with van der Waals surface area (Å²) in [5.41, 5.74) is -2.48. The average Bonchev–Trinajstić information content (AvgIpc) is 2.14. The molecule has 17 heavy (non-hydrogen) atoms. The van der Waals surface area contributed by atoms with Crippen molar-refractivity contribution in [2.45, 2.75) is 9.97 Å². The van der Waals surface area contributed by atoms with Crippen LogP contribution in [0.3, 0.4) is 0 Å². The molecule has 1 aromatic carbocycles. The minimum absolute atomic E-state index is 0.331. The van der Waals surface area contributed by atoms with E-state index >= 15 is 0 Å². The topological polar surface area (TPSA) is 43.1 Å². The predicted molar refractivity (Wildman–Crippen MR) is 57.3 cm³/mol. The molecule has 0 aliphatic heterocycles. The molecule has 0 unspecified atom stereocenters. The first-order valence-electron chi connectivity index (χ1n) is 3.96. The van der Waals surface area contributed by atoms with E-state index in [1.807, 2.05) is 0 Å². The first-order chi connectivity index (χ1) is 7.53. The van der Waals surface area contributed by atoms with Gasteiger partial charge in [0.2, 0.25) is 3.79 Å². The van der Waals surface area contributed by atoms with E-state index in [1.54, 1.807) is 0 Å². The van der Waals surface area contributed by atoms with Crippen LogP contribution in [0.4, 0.5) is 18.9 Å². The van der Waals surface area contributed by atoms with Crippen LogP contribution in [0.25, 0.3) is 0 Å². The fourth-order valence-electron chi connectivity index (χ4n) is 1.10. The molecule has 0 aliphatic rings. The van der Waals surface area contributed by atoms with Gasteiger partial charge in [0, 0.05) is 6.07 Å². The minimum Gasteiger partial charge on any atom is -0.258 e. The number of rotatable bonds is 1. The summed E-state index contributed by atoms with van der Waals surface area (Å²) in [6, 6.07) is 1.72. The van der Waals surface area contributed by atoms with Crippen LogP contribution >= 0.6 is 34.8 Å². The van der Waals surface area contributed by atoms with Crippen LogP contribution < -0.4 is 0 Å². The van der Waals surface area contributed by atoms with Crippen LogP contribution in [0.2, 0.25) is 0 Å². The van der Waals surface area contributed by atoms with E-state index in [0.29, 0.717) is 12.1 Å². The number of hydrogen-bond acceptors (Lipinski definition) is 2. The highest BCUT2D eigenvalue weighted by molar-refractivity contribution is 6.67. The van der Waals surface area contributed by atoms with E-state index in [2.05, 4.69) is 0 Å². The molecule has 9 heteroatoms. The van der Waals surface area contributed by atoms with Gasteiger partial charge in [0.1, 0.15) is 0 Å². The van der Waals surface area contributed by atoms with Crippen molar-refractivity contribution in [1.29, 1.82) is 0 Å². The van der Waals surface area contributed by atoms with Crippen molar-refractivity contribution in [2.24, 2.45) is 0 Å². The maximum Gasteiger partial charge on any atom is 0.416 e. The number of alkyl halides is 6. The lowest BCUT2D eigenvalue weighted by Crippen LogP contribution is -2.10. The Hall–Kier alpha value is -0.720. The predicted octanol–water partition coefficient (Wildman–Crippen LogP) is 4.44. The highest BCUT2D eigenvalue weighted by atomic mass is 35.6. The third-order valence-corrected chi connectivity index (χ3v) is 2.44. The minimum atomic E-state index is -4.70. The molecule has 0 spiro atoms. The number of nitro benzene ring substituents is 1. The van der Waals surface area contributed by atoms with Gasteiger partial charge in [-0.1, -0.05) is 34.8 Å². The molecule has 0 aromatic heterocycles. The summed E-state index contributed by atoms with van der Waals surface area (Å²) in [5.74, 6) is 0. The zero-order valence-electron chi connectivity index (χ0n) is 7.76. The van der Waals surface area contributed by atoms with Crippen LogP contribution in [0.15, 0.2) is 18.2 Å². The van der Waals surface area contributed by atoms with E-state index in [9.17, 15) is 23.3 Å². The second-order valence-electron chi connectivity index (χ2n) is 2.98. The van der Waals surface area contributed by atoms with Crippen molar-refractivity contribution in [3.8, 4) is 0 Å². The summed E-state index contributed by atoms with van der Waals surface area (Å²) in [6.45, 7) is 0. The normalized spacial score (nSPS) is 12.6. The fourth-order valence-corrected chi connectivity index (χ4v) is 1.58. The second-order valence-corrected chi connectivity index (χ2v) is 5.27. The number of nitrogens with zero attached hydrogens (tertiary/aromatic N) is 1. The Labute approximate surface area is 108 Å². The van der Waals surface area contributed by atoms with Gasteiger partial charge in [-0.2, -0.15) is 13.2 Å². The van der Waals surface area contributed by atoms with Gasteiger partial charge < -0.3 is 0 Å². The number of benzene rings is 1. The molecule has 94 valence electrons. The van der Waals surface area contributed by atoms with Crippen LogP contribution in [0.1, 0.15) is 11.1 Å². The van der Waals surface area contributed by atoms with E-state index in [4.69, 9.17) is 34.8 Å². The monoisotopic (exact) mass is 307 g/mol. The molecule has 0 amide bonds. The summed E-state index contributed by atoms with van der Waals surface area (Å²) in [5, 5.41) is 10.6. The quantitative estimate of drug-likeness (QED) is 0.437. The second kappa shape index (κ2) is 4.51. The zero-order valence-corrected chi connectivity index (χ0v) is 10.0. The van der Waals surface area contributed by atoms with Crippen molar-refractivity contribution in [1.82, 2.24) is 0 Å². The van der Waals surface area contributed by atoms with Crippen molar-refractivity contribution in [3.05, 3.63) is 39.4 Å². The van der Waals surface area contributed by atoms with Crippen LogP contribution in [-0.4, -0.2) is 4.92 Å². The standard InChI is InChI=1S/C8H3Cl3F3NO2/c9-7(10,11)5-2-1-4(8(12,13)14)3-6(5)15(16)17/h1-3H. The largest absolute Gasteiger partial charge is 0.416 e. The number of halogens is 6. The summed E-state index contributed by atoms with van der Waals surface area (Å²) >= 11 is 16.3. The molecule has 0 saturated heterocycles. The Morgan fingerprint density at radius 1 is 1.18 bits per heavy atom. The summed E-state index contributed by atoms with van der Waals surface area (Å²) < 4.78 is 34.9. The van der Waals surface area contributed by atoms with Gasteiger partial charge in [-0.15, -0.1) is 0 Å². The van der Waals surface area contributed by atoms with Gasteiger partial charge in [-0.3, -0.25) is 10.1 Å². The van der Waals surface area contributed by atoms with Crippen molar-refractivity contribution in [2.75, 3.05) is 0 Å². The molecule has 0 heterocycles. The summed E-state index contributed by atoms with van der Waals surface area (Å²) in [7, 11) is 0. The number of nitro groups is 1. The molecule has 0 bridgehead atoms. The lowest BCUT2D eigenvalue weighted by atomic mass is 10.1. The molecular weight excluding hydrogens is 305 g/mol. The van der Waals surface area contributed by atoms with Crippen molar-refractivity contribution < 1.29 is 18.1 Å². The fraction of sp³-hybridized carbons (Fsp3) is 0.250. The van der Waals surface area contributed by atoms with E-state index in [0.717, 1.165) is 6.07 Å². The first kappa shape index (κ1) is 14.3. The molecule has 3 nitrogen and oxygen atoms in total. The smallest absolute Gasteiger partial charge is 0.258 e. The van der Waals surface area contributed by atoms with Crippen LogP contribution in [0, 0.1) is 10.1 Å². The van der Waals surface area contributed by atoms with Gasteiger partial charge in [0.05, 0.1) is 16.1 Å². The maximum absolute atomic E-state index is 12.3. The molecule has 0 fully saturated rings. The van der Waals surface area contributed by atoms with Gasteiger partial charge in [-0.05, 0) is 12.1 Å². The Balaban J connectivity index is 3.43. The lowest BCUT2D eigenvalue weighted by molar-refractivity contribution is -0.385. The third kappa shape index (κ3) is 3.37. The Kier molecular flexibility index (Phi) is 3.81. The Morgan fingerprint density at radius 3 is 2.06 bits per heavy atom. The highest BCUT2D eigenvalue weighted by Crippen LogP contribution is 2.44. The Morgan fingerprint density at radius 2 is 1.71 bits per heavy atom. The maximum atomic E-state index is 12.3. The summed E-state index contributed by atoms with van der Waals surface area (Å²) in [6.07, 6.45) is -4.70. The van der Waals surface area contributed by atoms with Gasteiger partial charge >= 0.3 is 6.18 Å². The Bertz CT molecular complexity index is 456. The van der Waals surface area contributed by atoms with E-state index < -0.39 is 31.7 Å². The summed E-state index contributed by atoms with van der Waals surface area (Å²) in [4.78, 5) is 9.57. The number of hydrogen-bond donors (Lipinski definition) is 0. The van der Waals surface area contributed by atoms with E-state index in [1.165, 1.54) is 0 Å². The van der Waals surface area contributed by atoms with Crippen LogP contribution in [-0.2, 0) is 9.97 Å². The van der Waals surface area contributed by atoms with Crippen molar-refractivity contribution >= 4 is 40.5 Å². The van der Waals surface area contributed by atoms with Crippen LogP contribution in [0.5, 0.6) is 0 Å². The average molecular weight is 308 g/mol. The molecule has 1 aromatic rings. The van der Waals surface area contributed by atoms with E-state index in [-0.39, 0.29) is 0 Å². The third-order valence-electron chi connectivity index (χ3n) is 1.83. The van der Waals surface area contributed by atoms with Gasteiger partial charge in [-0.25, -0.2) is 0 Å². The first-order valence-corrected chi connectivity index (χ1v) is 5.09. The highest BCUT2D eigenvalue weighted by Gasteiger charge is 2.37. The van der Waals surface area contributed by atoms with Gasteiger partial charge in [0.15, 0.2) is 0 Å². The SMILES string of the molecule is O=[N+]([O-])c1cc(C(F)(F)F)ccc1C(Cl)(Cl)Cl. The molecular formula is C8H3Cl3F3NO2. The lowest BCUT2D eigenvalue weighted by Gasteiger charge is -2.13. The van der Waals surface area contributed by atoms with Gasteiger partial charge in [0.25, 0.3) is 5.69 Å². The molecule has 0 atom stereocenters.